The topological polar surface area (TPSA) is 55.1 Å². The van der Waals surface area contributed by atoms with Crippen molar-refractivity contribution in [3.8, 4) is 0 Å². The van der Waals surface area contributed by atoms with Gasteiger partial charge in [0, 0.05) is 36.9 Å². The van der Waals surface area contributed by atoms with Gasteiger partial charge in [-0.05, 0) is 43.0 Å². The Balaban J connectivity index is 1.78. The number of hydrogen-bond acceptors (Lipinski definition) is 4. The molecule has 3 heterocycles. The zero-order valence-corrected chi connectivity index (χ0v) is 12.5. The summed E-state index contributed by atoms with van der Waals surface area (Å²) in [6.45, 7) is 2.88. The molecule has 0 amide bonds. The minimum atomic E-state index is 0.715. The van der Waals surface area contributed by atoms with E-state index in [1.807, 2.05) is 29.1 Å². The van der Waals surface area contributed by atoms with Gasteiger partial charge in [0.05, 0.1) is 5.69 Å². The van der Waals surface area contributed by atoms with Crippen LogP contribution in [0.15, 0.2) is 43.0 Å². The Bertz CT molecular complexity index is 862. The first-order valence-electron chi connectivity index (χ1n) is 7.58. The molecule has 0 aliphatic heterocycles. The number of allylic oxidation sites excluding steroid dienone is 1. The van der Waals surface area contributed by atoms with Crippen LogP contribution in [0.5, 0.6) is 0 Å². The SMILES string of the molecule is CCNc1ncc2c(n1)CCC=C2c1ccc2nccn2c1. The van der Waals surface area contributed by atoms with E-state index in [0.717, 1.165) is 36.3 Å². The Morgan fingerprint density at radius 1 is 1.27 bits per heavy atom. The molecule has 3 aromatic heterocycles. The first-order chi connectivity index (χ1) is 10.8. The molecule has 0 fully saturated rings. The highest BCUT2D eigenvalue weighted by Crippen LogP contribution is 2.30. The van der Waals surface area contributed by atoms with Crippen molar-refractivity contribution in [2.24, 2.45) is 0 Å². The largest absolute Gasteiger partial charge is 0.354 e. The Labute approximate surface area is 128 Å². The molecule has 0 radical (unpaired) electrons. The number of rotatable bonds is 3. The third kappa shape index (κ3) is 2.15. The summed E-state index contributed by atoms with van der Waals surface area (Å²) in [4.78, 5) is 13.4. The maximum atomic E-state index is 4.65. The highest BCUT2D eigenvalue weighted by molar-refractivity contribution is 5.82. The monoisotopic (exact) mass is 291 g/mol. The van der Waals surface area contributed by atoms with Crippen LogP contribution in [-0.2, 0) is 6.42 Å². The van der Waals surface area contributed by atoms with Crippen LogP contribution in [0.1, 0.15) is 30.2 Å². The molecule has 110 valence electrons. The number of anilines is 1. The summed E-state index contributed by atoms with van der Waals surface area (Å²) in [6, 6.07) is 4.15. The number of aromatic nitrogens is 4. The lowest BCUT2D eigenvalue weighted by atomic mass is 9.92. The van der Waals surface area contributed by atoms with E-state index in [-0.39, 0.29) is 0 Å². The van der Waals surface area contributed by atoms with E-state index in [1.165, 1.54) is 11.1 Å². The van der Waals surface area contributed by atoms with E-state index in [2.05, 4.69) is 45.5 Å². The standard InChI is InChI=1S/C17H17N5/c1-2-18-17-20-10-14-13(4-3-5-15(14)21-17)12-6-7-16-19-8-9-22(16)11-12/h4,6-11H,2-3,5H2,1H3,(H,18,20,21). The lowest BCUT2D eigenvalue weighted by Crippen LogP contribution is -2.09. The second-order valence-electron chi connectivity index (χ2n) is 5.35. The van der Waals surface area contributed by atoms with Crippen LogP contribution in [0.2, 0.25) is 0 Å². The quantitative estimate of drug-likeness (QED) is 0.806. The van der Waals surface area contributed by atoms with Crippen LogP contribution in [-0.4, -0.2) is 25.9 Å². The summed E-state index contributed by atoms with van der Waals surface area (Å²) in [5.41, 5.74) is 5.59. The van der Waals surface area contributed by atoms with Crippen molar-refractivity contribution in [1.82, 2.24) is 19.4 Å². The third-order valence-electron chi connectivity index (χ3n) is 3.92. The molecule has 22 heavy (non-hydrogen) atoms. The fraction of sp³-hybridized carbons (Fsp3) is 0.235. The van der Waals surface area contributed by atoms with Gasteiger partial charge in [0.1, 0.15) is 5.65 Å². The number of imidazole rings is 1. The van der Waals surface area contributed by atoms with Gasteiger partial charge in [0.25, 0.3) is 0 Å². The van der Waals surface area contributed by atoms with E-state index in [9.17, 15) is 0 Å². The van der Waals surface area contributed by atoms with Gasteiger partial charge in [0.2, 0.25) is 5.95 Å². The number of hydrogen-bond donors (Lipinski definition) is 1. The summed E-state index contributed by atoms with van der Waals surface area (Å²) < 4.78 is 2.04. The second kappa shape index (κ2) is 5.26. The summed E-state index contributed by atoms with van der Waals surface area (Å²) >= 11 is 0. The minimum absolute atomic E-state index is 0.715. The van der Waals surface area contributed by atoms with Crippen molar-refractivity contribution in [2.75, 3.05) is 11.9 Å². The highest BCUT2D eigenvalue weighted by atomic mass is 15.1. The van der Waals surface area contributed by atoms with Gasteiger partial charge < -0.3 is 9.72 Å². The van der Waals surface area contributed by atoms with Crippen LogP contribution >= 0.6 is 0 Å². The Hall–Kier alpha value is -2.69. The van der Waals surface area contributed by atoms with Crippen LogP contribution in [0.25, 0.3) is 11.2 Å². The van der Waals surface area contributed by atoms with E-state index in [1.54, 1.807) is 0 Å². The normalized spacial score (nSPS) is 13.8. The lowest BCUT2D eigenvalue weighted by molar-refractivity contribution is 0.899. The Kier molecular flexibility index (Phi) is 3.11. The van der Waals surface area contributed by atoms with Gasteiger partial charge in [-0.3, -0.25) is 0 Å². The van der Waals surface area contributed by atoms with E-state index in [0.29, 0.717) is 5.95 Å². The van der Waals surface area contributed by atoms with Gasteiger partial charge in [-0.25, -0.2) is 15.0 Å². The summed E-state index contributed by atoms with van der Waals surface area (Å²) in [6.07, 6.45) is 12.1. The molecule has 0 aromatic carbocycles. The molecule has 1 aliphatic rings. The van der Waals surface area contributed by atoms with Crippen LogP contribution < -0.4 is 5.32 Å². The summed E-state index contributed by atoms with van der Waals surface area (Å²) in [7, 11) is 0. The average molecular weight is 291 g/mol. The van der Waals surface area contributed by atoms with Gasteiger partial charge in [0.15, 0.2) is 0 Å². The summed E-state index contributed by atoms with van der Waals surface area (Å²) in [5.74, 6) is 0.715. The van der Waals surface area contributed by atoms with E-state index >= 15 is 0 Å². The smallest absolute Gasteiger partial charge is 0.222 e. The number of nitrogens with zero attached hydrogens (tertiary/aromatic N) is 4. The molecular weight excluding hydrogens is 274 g/mol. The number of aryl methyl sites for hydroxylation is 1. The van der Waals surface area contributed by atoms with Gasteiger partial charge >= 0.3 is 0 Å². The molecule has 1 N–H and O–H groups in total. The van der Waals surface area contributed by atoms with Crippen molar-refractivity contribution in [1.29, 1.82) is 0 Å². The Morgan fingerprint density at radius 2 is 2.23 bits per heavy atom. The molecule has 0 saturated carbocycles. The van der Waals surface area contributed by atoms with Crippen molar-refractivity contribution >= 4 is 17.2 Å². The third-order valence-corrected chi connectivity index (χ3v) is 3.92. The molecule has 0 saturated heterocycles. The molecule has 5 nitrogen and oxygen atoms in total. The first-order valence-corrected chi connectivity index (χ1v) is 7.58. The molecule has 0 spiro atoms. The number of pyridine rings is 1. The van der Waals surface area contributed by atoms with E-state index in [4.69, 9.17) is 0 Å². The second-order valence-corrected chi connectivity index (χ2v) is 5.35. The number of fused-ring (bicyclic) bond motifs is 2. The molecule has 0 unspecified atom stereocenters. The highest BCUT2D eigenvalue weighted by Gasteiger charge is 2.17. The maximum absolute atomic E-state index is 4.65. The van der Waals surface area contributed by atoms with Crippen LogP contribution in [0.4, 0.5) is 5.95 Å². The molecule has 4 rings (SSSR count). The van der Waals surface area contributed by atoms with Crippen molar-refractivity contribution in [2.45, 2.75) is 19.8 Å². The minimum Gasteiger partial charge on any atom is -0.354 e. The summed E-state index contributed by atoms with van der Waals surface area (Å²) in [5, 5.41) is 3.18. The van der Waals surface area contributed by atoms with Crippen molar-refractivity contribution in [3.05, 3.63) is 59.8 Å². The van der Waals surface area contributed by atoms with Crippen molar-refractivity contribution in [3.63, 3.8) is 0 Å². The van der Waals surface area contributed by atoms with Gasteiger partial charge in [-0.15, -0.1) is 0 Å². The predicted molar refractivity (Wildman–Crippen MR) is 86.8 cm³/mol. The fourth-order valence-electron chi connectivity index (χ4n) is 2.89. The van der Waals surface area contributed by atoms with Gasteiger partial charge in [-0.2, -0.15) is 0 Å². The van der Waals surface area contributed by atoms with Crippen LogP contribution in [0, 0.1) is 0 Å². The average Bonchev–Trinajstić information content (AvgIpc) is 3.02. The maximum Gasteiger partial charge on any atom is 0.222 e. The molecule has 5 heteroatoms. The van der Waals surface area contributed by atoms with Gasteiger partial charge in [-0.1, -0.05) is 6.08 Å². The Morgan fingerprint density at radius 3 is 3.14 bits per heavy atom. The molecule has 1 aliphatic carbocycles. The molecule has 0 bridgehead atoms. The lowest BCUT2D eigenvalue weighted by Gasteiger charge is -2.18. The zero-order chi connectivity index (χ0) is 14.9. The van der Waals surface area contributed by atoms with E-state index < -0.39 is 0 Å². The molecule has 0 atom stereocenters. The zero-order valence-electron chi connectivity index (χ0n) is 12.5. The van der Waals surface area contributed by atoms with Crippen molar-refractivity contribution < 1.29 is 0 Å². The number of nitrogens with one attached hydrogen (secondary N) is 1. The fourth-order valence-corrected chi connectivity index (χ4v) is 2.89. The predicted octanol–water partition coefficient (Wildman–Crippen LogP) is 2.93. The first kappa shape index (κ1) is 13.0. The molecular formula is C17H17N5. The molecule has 3 aromatic rings. The van der Waals surface area contributed by atoms with Crippen LogP contribution in [0.3, 0.4) is 0 Å².